The molecule has 1 saturated heterocycles. The number of ether oxygens (including phenoxy) is 3. The van der Waals surface area contributed by atoms with Gasteiger partial charge in [-0.25, -0.2) is 0 Å². The predicted octanol–water partition coefficient (Wildman–Crippen LogP) is -0.0419. The molecule has 2 atom stereocenters. The van der Waals surface area contributed by atoms with Crippen LogP contribution in [0.1, 0.15) is 6.92 Å². The van der Waals surface area contributed by atoms with Crippen LogP contribution in [0.2, 0.25) is 0 Å². The quantitative estimate of drug-likeness (QED) is 0.651. The molecule has 0 aromatic carbocycles. The van der Waals surface area contributed by atoms with E-state index in [4.69, 9.17) is 14.2 Å². The second-order valence-corrected chi connectivity index (χ2v) is 4.38. The van der Waals surface area contributed by atoms with Crippen LogP contribution >= 0.6 is 0 Å². The highest BCUT2D eigenvalue weighted by atomic mass is 16.5. The molecule has 0 bridgehead atoms. The Morgan fingerprint density at radius 1 is 1.29 bits per heavy atom. The Morgan fingerprint density at radius 2 is 1.94 bits per heavy atom. The minimum Gasteiger partial charge on any atom is -0.383 e. The zero-order valence-electron chi connectivity index (χ0n) is 11.3. The first-order chi connectivity index (χ1) is 8.29. The summed E-state index contributed by atoms with van der Waals surface area (Å²) in [6.45, 7) is 8.22. The van der Waals surface area contributed by atoms with Gasteiger partial charge in [0.1, 0.15) is 0 Å². The van der Waals surface area contributed by atoms with Crippen LogP contribution in [0.25, 0.3) is 0 Å². The van der Waals surface area contributed by atoms with Crippen molar-refractivity contribution in [3.05, 3.63) is 0 Å². The van der Waals surface area contributed by atoms with Gasteiger partial charge in [0.15, 0.2) is 0 Å². The summed E-state index contributed by atoms with van der Waals surface area (Å²) in [5.74, 6) is 0. The van der Waals surface area contributed by atoms with E-state index in [1.807, 2.05) is 0 Å². The molecule has 0 aromatic heterocycles. The van der Waals surface area contributed by atoms with E-state index < -0.39 is 0 Å². The van der Waals surface area contributed by atoms with E-state index in [-0.39, 0.29) is 6.10 Å². The van der Waals surface area contributed by atoms with Crippen LogP contribution in [0, 0.1) is 0 Å². The van der Waals surface area contributed by atoms with Crippen LogP contribution in [-0.2, 0) is 14.2 Å². The smallest absolute Gasteiger partial charge is 0.0852 e. The van der Waals surface area contributed by atoms with Crippen molar-refractivity contribution in [2.75, 3.05) is 60.2 Å². The Labute approximate surface area is 104 Å². The van der Waals surface area contributed by atoms with Crippen molar-refractivity contribution in [1.82, 2.24) is 10.2 Å². The monoisotopic (exact) mass is 246 g/mol. The van der Waals surface area contributed by atoms with E-state index in [2.05, 4.69) is 17.1 Å². The van der Waals surface area contributed by atoms with Gasteiger partial charge in [-0.1, -0.05) is 0 Å². The molecule has 0 amide bonds. The fourth-order valence-electron chi connectivity index (χ4n) is 2.07. The van der Waals surface area contributed by atoms with Crippen molar-refractivity contribution in [2.45, 2.75) is 19.1 Å². The summed E-state index contributed by atoms with van der Waals surface area (Å²) in [6, 6.07) is 0.382. The van der Waals surface area contributed by atoms with E-state index in [0.717, 1.165) is 46.0 Å². The standard InChI is InChI=1S/C12H26N2O3/c1-11(12-10-13-4-7-17-12)14(5-8-15-2)6-9-16-3/h11-13H,4-10H2,1-3H3. The van der Waals surface area contributed by atoms with Crippen LogP contribution in [0.15, 0.2) is 0 Å². The molecule has 1 fully saturated rings. The number of morpholine rings is 1. The van der Waals surface area contributed by atoms with E-state index in [1.54, 1.807) is 14.2 Å². The topological polar surface area (TPSA) is 43.0 Å². The number of rotatable bonds is 8. The second-order valence-electron chi connectivity index (χ2n) is 4.38. The van der Waals surface area contributed by atoms with E-state index >= 15 is 0 Å². The lowest BCUT2D eigenvalue weighted by molar-refractivity contribution is -0.0350. The first kappa shape index (κ1) is 14.9. The first-order valence-corrected chi connectivity index (χ1v) is 6.33. The van der Waals surface area contributed by atoms with Gasteiger partial charge in [-0.15, -0.1) is 0 Å². The Hall–Kier alpha value is -0.200. The maximum atomic E-state index is 5.79. The van der Waals surface area contributed by atoms with Gasteiger partial charge in [0.25, 0.3) is 0 Å². The number of hydrogen-bond acceptors (Lipinski definition) is 5. The summed E-state index contributed by atoms with van der Waals surface area (Å²) in [6.07, 6.45) is 0.262. The van der Waals surface area contributed by atoms with Crippen LogP contribution in [-0.4, -0.2) is 77.3 Å². The molecule has 1 aliphatic rings. The van der Waals surface area contributed by atoms with E-state index in [9.17, 15) is 0 Å². The molecule has 1 rings (SSSR count). The molecule has 1 aliphatic heterocycles. The molecule has 0 saturated carbocycles. The Balaban J connectivity index is 2.41. The SMILES string of the molecule is COCCN(CCOC)C(C)C1CNCCO1. The lowest BCUT2D eigenvalue weighted by Crippen LogP contribution is -2.52. The van der Waals surface area contributed by atoms with Crippen LogP contribution in [0.5, 0.6) is 0 Å². The summed E-state index contributed by atoms with van der Waals surface area (Å²) in [7, 11) is 3.47. The molecule has 0 spiro atoms. The molecule has 1 N–H and O–H groups in total. The van der Waals surface area contributed by atoms with Gasteiger partial charge in [0.05, 0.1) is 25.9 Å². The highest BCUT2D eigenvalue weighted by Gasteiger charge is 2.25. The summed E-state index contributed by atoms with van der Waals surface area (Å²) in [4.78, 5) is 2.37. The molecule has 102 valence electrons. The summed E-state index contributed by atoms with van der Waals surface area (Å²) < 4.78 is 16.1. The van der Waals surface area contributed by atoms with Gasteiger partial charge in [0.2, 0.25) is 0 Å². The molecular formula is C12H26N2O3. The molecular weight excluding hydrogens is 220 g/mol. The van der Waals surface area contributed by atoms with Crippen LogP contribution in [0.3, 0.4) is 0 Å². The molecule has 1 heterocycles. The highest BCUT2D eigenvalue weighted by Crippen LogP contribution is 2.09. The number of hydrogen-bond donors (Lipinski definition) is 1. The lowest BCUT2D eigenvalue weighted by atomic mass is 10.1. The van der Waals surface area contributed by atoms with Gasteiger partial charge in [0, 0.05) is 46.4 Å². The minimum atomic E-state index is 0.262. The Morgan fingerprint density at radius 3 is 2.41 bits per heavy atom. The third kappa shape index (κ3) is 5.31. The van der Waals surface area contributed by atoms with E-state index in [0.29, 0.717) is 6.04 Å². The van der Waals surface area contributed by atoms with Crippen molar-refractivity contribution in [3.8, 4) is 0 Å². The maximum absolute atomic E-state index is 5.79. The summed E-state index contributed by atoms with van der Waals surface area (Å²) >= 11 is 0. The highest BCUT2D eigenvalue weighted by molar-refractivity contribution is 4.80. The van der Waals surface area contributed by atoms with Crippen molar-refractivity contribution in [2.24, 2.45) is 0 Å². The Bertz CT molecular complexity index is 179. The van der Waals surface area contributed by atoms with Gasteiger partial charge < -0.3 is 19.5 Å². The summed E-state index contributed by atoms with van der Waals surface area (Å²) in [5.41, 5.74) is 0. The lowest BCUT2D eigenvalue weighted by Gasteiger charge is -2.36. The predicted molar refractivity (Wildman–Crippen MR) is 67.4 cm³/mol. The average molecular weight is 246 g/mol. The largest absolute Gasteiger partial charge is 0.383 e. The van der Waals surface area contributed by atoms with Crippen molar-refractivity contribution < 1.29 is 14.2 Å². The number of nitrogens with one attached hydrogen (secondary N) is 1. The van der Waals surface area contributed by atoms with Gasteiger partial charge in [-0.2, -0.15) is 0 Å². The third-order valence-corrected chi connectivity index (χ3v) is 3.24. The number of methoxy groups -OCH3 is 2. The minimum absolute atomic E-state index is 0.262. The molecule has 0 aliphatic carbocycles. The normalized spacial score (nSPS) is 22.9. The molecule has 5 nitrogen and oxygen atoms in total. The molecule has 2 unspecified atom stereocenters. The van der Waals surface area contributed by atoms with Crippen molar-refractivity contribution >= 4 is 0 Å². The molecule has 5 heteroatoms. The van der Waals surface area contributed by atoms with Crippen LogP contribution < -0.4 is 5.32 Å². The fraction of sp³-hybridized carbons (Fsp3) is 1.00. The number of nitrogens with zero attached hydrogens (tertiary/aromatic N) is 1. The van der Waals surface area contributed by atoms with Gasteiger partial charge in [-0.05, 0) is 6.92 Å². The summed E-state index contributed by atoms with van der Waals surface area (Å²) in [5, 5.41) is 3.37. The van der Waals surface area contributed by atoms with Crippen molar-refractivity contribution in [1.29, 1.82) is 0 Å². The van der Waals surface area contributed by atoms with Crippen molar-refractivity contribution in [3.63, 3.8) is 0 Å². The van der Waals surface area contributed by atoms with Gasteiger partial charge >= 0.3 is 0 Å². The van der Waals surface area contributed by atoms with Crippen LogP contribution in [0.4, 0.5) is 0 Å². The van der Waals surface area contributed by atoms with Gasteiger partial charge in [-0.3, -0.25) is 4.90 Å². The van der Waals surface area contributed by atoms with E-state index in [1.165, 1.54) is 0 Å². The Kier molecular flexibility index (Phi) is 7.72. The zero-order chi connectivity index (χ0) is 12.5. The molecule has 0 radical (unpaired) electrons. The first-order valence-electron chi connectivity index (χ1n) is 6.33. The average Bonchev–Trinajstić information content (AvgIpc) is 2.39. The molecule has 17 heavy (non-hydrogen) atoms. The zero-order valence-corrected chi connectivity index (χ0v) is 11.3. The second kappa shape index (κ2) is 8.83. The third-order valence-electron chi connectivity index (χ3n) is 3.24. The molecule has 0 aromatic rings. The fourth-order valence-corrected chi connectivity index (χ4v) is 2.07. The maximum Gasteiger partial charge on any atom is 0.0852 e.